The van der Waals surface area contributed by atoms with E-state index in [1.807, 2.05) is 0 Å². The second-order valence-corrected chi connectivity index (χ2v) is 106. The molecule has 0 aromatic rings. The second-order valence-electron chi connectivity index (χ2n) is 24.3. The molecule has 4 atom stereocenters. The maximum absolute atomic E-state index is 8.06. The lowest BCUT2D eigenvalue weighted by molar-refractivity contribution is 0.00591. The number of halogens is 8. The first-order valence-corrected chi connectivity index (χ1v) is 74.5. The highest BCUT2D eigenvalue weighted by atomic mass is 35.6. The summed E-state index contributed by atoms with van der Waals surface area (Å²) >= 11 is 58.0. The molecule has 4 fully saturated rings. The predicted octanol–water partition coefficient (Wildman–Crippen LogP) is 13.9. The van der Waals surface area contributed by atoms with Crippen LogP contribution in [0.1, 0.15) is 0 Å². The molecule has 4 unspecified atom stereocenters. The summed E-state index contributed by atoms with van der Waals surface area (Å²) in [5.41, 5.74) is 0. The van der Waals surface area contributed by atoms with Crippen LogP contribution in [-0.4, -0.2) is 140 Å². The SMILES string of the molecule is C[Si](C)(Cl)CC[SiH2]O[Si]1(CC[Si](C)(C)Cl)O[Si]2(CC[Si](C)(C)Cl)O[Si]3(CC[Si](C)(C)Cl)O[SiH2]O[Si]4(CC[Si](C)(C)Cl)O[Si](CC[Si](C)(C)Cl)(O1)O[Si](CC[Si](C)(C)Cl)(O2)O[Si](CC[Si](C)(C)Cl)(O3)O4. The van der Waals surface area contributed by atoms with Crippen molar-refractivity contribution in [3.05, 3.63) is 0 Å². The lowest BCUT2D eigenvalue weighted by Gasteiger charge is -2.60. The second kappa shape index (κ2) is 24.5. The summed E-state index contributed by atoms with van der Waals surface area (Å²) < 4.78 is 94.0. The van der Waals surface area contributed by atoms with Crippen LogP contribution in [0.3, 0.4) is 0 Å². The smallest absolute Gasteiger partial charge is 0.422 e. The van der Waals surface area contributed by atoms with Crippen molar-refractivity contribution in [1.82, 2.24) is 0 Å². The number of rotatable bonds is 26. The van der Waals surface area contributed by atoms with E-state index >= 15 is 0 Å². The standard InChI is InChI=1S/C32H84Cl8O12Si17/c1-55(2,33)18-17-53-41-63(26-19-56(3,4)34)44-66(29-22-59(9,10)37)46-64(27-20-57(5,6)35)42-54-43-65(28-21-58(7,8)36)47-67(45-63,30-23-60(11,12)38)51-69(50-66,32-25-62(15,16)40)52-68(48-64,49-65)31-24-61(13,14)39/h17-32,53-54H2,1-16H3. The van der Waals surface area contributed by atoms with Crippen molar-refractivity contribution in [2.24, 2.45) is 0 Å². The molecular weight excluding hydrogens is 1340 g/mol. The predicted molar refractivity (Wildman–Crippen MR) is 334 cm³/mol. The van der Waals surface area contributed by atoms with E-state index in [-0.39, 0.29) is 0 Å². The van der Waals surface area contributed by atoms with E-state index in [1.165, 1.54) is 0 Å². The lowest BCUT2D eigenvalue weighted by Crippen LogP contribution is -2.84. The number of hydrogen-bond acceptors (Lipinski definition) is 12. The third-order valence-electron chi connectivity index (χ3n) is 11.8. The van der Waals surface area contributed by atoms with Crippen LogP contribution in [0.4, 0.5) is 0 Å². The van der Waals surface area contributed by atoms with Crippen LogP contribution in [0.15, 0.2) is 0 Å². The van der Waals surface area contributed by atoms with Gasteiger partial charge in [-0.15, -0.1) is 0 Å². The Morgan fingerprint density at radius 2 is 0.536 bits per heavy atom. The van der Waals surface area contributed by atoms with Gasteiger partial charge in [0.15, 0.2) is 9.76 Å². The fraction of sp³-hybridized carbons (Fsp3) is 1.00. The van der Waals surface area contributed by atoms with Gasteiger partial charge < -0.3 is 49.4 Å². The van der Waals surface area contributed by atoms with Gasteiger partial charge in [-0.1, -0.05) is 105 Å². The molecule has 37 heteroatoms. The third kappa shape index (κ3) is 23.9. The monoisotopic (exact) mass is 1420 g/mol. The topological polar surface area (TPSA) is 111 Å². The van der Waals surface area contributed by atoms with Crippen LogP contribution >= 0.6 is 88.6 Å². The van der Waals surface area contributed by atoms with E-state index in [2.05, 4.69) is 105 Å². The van der Waals surface area contributed by atoms with Crippen LogP contribution in [-0.2, 0) is 49.4 Å². The highest BCUT2D eigenvalue weighted by Crippen LogP contribution is 2.53. The van der Waals surface area contributed by atoms with Crippen molar-refractivity contribution in [2.75, 3.05) is 0 Å². The Bertz CT molecular complexity index is 1630. The molecule has 69 heavy (non-hydrogen) atoms. The van der Waals surface area contributed by atoms with Gasteiger partial charge in [-0.2, -0.15) is 88.6 Å². The van der Waals surface area contributed by atoms with Crippen LogP contribution < -0.4 is 0 Å². The molecule has 0 amide bonds. The highest BCUT2D eigenvalue weighted by Gasteiger charge is 2.78. The van der Waals surface area contributed by atoms with Crippen LogP contribution in [0.2, 0.25) is 201 Å². The van der Waals surface area contributed by atoms with E-state index in [0.717, 1.165) is 12.1 Å². The van der Waals surface area contributed by atoms with Gasteiger partial charge in [0, 0.05) is 42.3 Å². The molecule has 4 aliphatic heterocycles. The van der Waals surface area contributed by atoms with E-state index in [1.54, 1.807) is 0 Å². The molecule has 408 valence electrons. The Balaban J connectivity index is 2.27. The molecule has 0 spiro atoms. The number of hydrogen-bond donors (Lipinski definition) is 0. The normalized spacial score (nSPS) is 33.9. The molecular formula is C32H84Cl8O12Si17. The summed E-state index contributed by atoms with van der Waals surface area (Å²) in [5, 5.41) is 0. The Morgan fingerprint density at radius 1 is 0.319 bits per heavy atom. The molecule has 0 aliphatic carbocycles. The molecule has 0 saturated carbocycles. The molecule has 4 rings (SSSR count). The molecule has 0 aromatic carbocycles. The first-order chi connectivity index (χ1) is 30.7. The maximum Gasteiger partial charge on any atom is 0.478 e. The highest BCUT2D eigenvalue weighted by molar-refractivity contribution is 7.23. The molecule has 12 nitrogen and oxygen atoms in total. The minimum absolute atomic E-state index is 0.315. The summed E-state index contributed by atoms with van der Waals surface area (Å²) in [6, 6.07) is 8.21. The van der Waals surface area contributed by atoms with E-state index in [4.69, 9.17) is 138 Å². The summed E-state index contributed by atoms with van der Waals surface area (Å²) in [4.78, 5) is 0. The zero-order valence-corrected chi connectivity index (χ0v) is 68.0. The van der Waals surface area contributed by atoms with Crippen LogP contribution in [0, 0.1) is 0 Å². The summed E-state index contributed by atoms with van der Waals surface area (Å²) in [6.07, 6.45) is 0. The van der Waals surface area contributed by atoms with Gasteiger partial charge in [-0.3, -0.25) is 0 Å². The summed E-state index contributed by atoms with van der Waals surface area (Å²) in [5.74, 6) is 0. The van der Waals surface area contributed by atoms with Crippen molar-refractivity contribution >= 4 is 229 Å². The van der Waals surface area contributed by atoms with Crippen molar-refractivity contribution in [1.29, 1.82) is 0 Å². The molecule has 0 aromatic heterocycles. The minimum Gasteiger partial charge on any atom is -0.422 e. The molecule has 0 N–H and O–H groups in total. The van der Waals surface area contributed by atoms with Gasteiger partial charge in [0.2, 0.25) is 0 Å². The number of fused-ring (bicyclic) bond motifs is 4. The van der Waals surface area contributed by atoms with Gasteiger partial charge in [0.1, 0.15) is 59.1 Å². The van der Waals surface area contributed by atoms with Gasteiger partial charge in [0.25, 0.3) is 10.0 Å². The Morgan fingerprint density at radius 3 is 0.797 bits per heavy atom. The Kier molecular flexibility index (Phi) is 23.8. The molecule has 4 aliphatic rings. The molecule has 4 saturated heterocycles. The fourth-order valence-corrected chi connectivity index (χ4v) is 87.0. The van der Waals surface area contributed by atoms with Crippen molar-refractivity contribution in [3.8, 4) is 0 Å². The summed E-state index contributed by atoms with van der Waals surface area (Å²) in [6.45, 7) is 34.0. The third-order valence-corrected chi connectivity index (χ3v) is 68.2. The minimum atomic E-state index is -4.28. The summed E-state index contributed by atoms with van der Waals surface area (Å²) in [7, 11) is -51.0. The lowest BCUT2D eigenvalue weighted by atomic mass is 10.9. The zero-order valence-electron chi connectivity index (χ0n) is 44.2. The van der Waals surface area contributed by atoms with Gasteiger partial charge in [0.05, 0.1) is 0 Å². The largest absolute Gasteiger partial charge is 0.478 e. The Hall–Kier alpha value is 5.53. The van der Waals surface area contributed by atoms with Gasteiger partial charge in [-0.25, -0.2) is 0 Å². The molecule has 4 heterocycles. The first kappa shape index (κ1) is 67.0. The Labute approximate surface area is 474 Å². The van der Waals surface area contributed by atoms with Gasteiger partial charge >= 0.3 is 61.6 Å². The fourth-order valence-electron chi connectivity index (χ4n) is 7.84. The van der Waals surface area contributed by atoms with Crippen molar-refractivity contribution < 1.29 is 49.4 Å². The quantitative estimate of drug-likeness (QED) is 0.0467. The maximum atomic E-state index is 8.06. The van der Waals surface area contributed by atoms with Crippen molar-refractivity contribution in [2.45, 2.75) is 201 Å². The van der Waals surface area contributed by atoms with Crippen LogP contribution in [0.25, 0.3) is 0 Å². The average molecular weight is 1420 g/mol. The van der Waals surface area contributed by atoms with E-state index in [0.29, 0.717) is 84.6 Å². The molecule has 0 radical (unpaired) electrons. The zero-order chi connectivity index (χ0) is 52.7. The van der Waals surface area contributed by atoms with Gasteiger partial charge in [-0.05, 0) is 54.4 Å². The van der Waals surface area contributed by atoms with E-state index in [9.17, 15) is 0 Å². The average Bonchev–Trinajstić information content (AvgIpc) is 3.09. The molecule has 6 bridgehead atoms. The van der Waals surface area contributed by atoms with E-state index < -0.39 is 140 Å². The van der Waals surface area contributed by atoms with Crippen LogP contribution in [0.5, 0.6) is 0 Å². The first-order valence-electron chi connectivity index (χ1n) is 24.5. The van der Waals surface area contributed by atoms with Crippen molar-refractivity contribution in [3.63, 3.8) is 0 Å².